The summed E-state index contributed by atoms with van der Waals surface area (Å²) < 4.78 is 35.2. The lowest BCUT2D eigenvalue weighted by molar-refractivity contribution is 0.0734. The minimum atomic E-state index is -3.86. The number of hydrogen-bond donors (Lipinski definition) is 1. The molecular weight excluding hydrogens is 462 g/mol. The molecule has 0 spiro atoms. The molecule has 7 nitrogen and oxygen atoms in total. The van der Waals surface area contributed by atoms with Gasteiger partial charge in [0.15, 0.2) is 0 Å². The number of aromatic nitrogens is 1. The highest BCUT2D eigenvalue weighted by Crippen LogP contribution is 2.36. The second-order valence-electron chi connectivity index (χ2n) is 9.33. The zero-order valence-corrected chi connectivity index (χ0v) is 21.2. The van der Waals surface area contributed by atoms with Gasteiger partial charge in [-0.25, -0.2) is 8.42 Å². The Balaban J connectivity index is 1.72. The van der Waals surface area contributed by atoms with Gasteiger partial charge in [-0.15, -0.1) is 0 Å². The molecule has 3 atom stereocenters. The van der Waals surface area contributed by atoms with Crippen LogP contribution in [0.2, 0.25) is 0 Å². The van der Waals surface area contributed by atoms with Crippen LogP contribution in [0.1, 0.15) is 19.4 Å². The molecule has 0 aliphatic carbocycles. The third-order valence-electron chi connectivity index (χ3n) is 6.44. The first-order chi connectivity index (χ1) is 16.8. The van der Waals surface area contributed by atoms with E-state index in [1.54, 1.807) is 19.2 Å². The topological polar surface area (TPSA) is 83.0 Å². The van der Waals surface area contributed by atoms with Crippen molar-refractivity contribution in [2.75, 3.05) is 26.7 Å². The quantitative estimate of drug-likeness (QED) is 0.539. The number of benzene rings is 2. The fraction of sp³-hybridized carbons (Fsp3) is 0.370. The molecule has 0 fully saturated rings. The average Bonchev–Trinajstić information content (AvgIpc) is 2.86. The molecule has 0 amide bonds. The minimum Gasteiger partial charge on any atom is -0.487 e. The molecule has 0 saturated heterocycles. The number of rotatable bonds is 7. The monoisotopic (exact) mass is 495 g/mol. The Kier molecular flexibility index (Phi) is 7.86. The number of aliphatic hydroxyl groups is 1. The smallest absolute Gasteiger partial charge is 0.247 e. The van der Waals surface area contributed by atoms with Crippen LogP contribution in [0.3, 0.4) is 0 Å². The number of pyridine rings is 1. The molecule has 0 saturated carbocycles. The van der Waals surface area contributed by atoms with E-state index in [9.17, 15) is 13.5 Å². The van der Waals surface area contributed by atoms with Gasteiger partial charge in [0.2, 0.25) is 10.0 Å². The van der Waals surface area contributed by atoms with Crippen molar-refractivity contribution in [1.29, 1.82) is 0 Å². The third kappa shape index (κ3) is 5.73. The fourth-order valence-corrected chi connectivity index (χ4v) is 6.25. The van der Waals surface area contributed by atoms with Crippen LogP contribution in [-0.2, 0) is 16.6 Å². The molecule has 0 bridgehead atoms. The van der Waals surface area contributed by atoms with Gasteiger partial charge < -0.3 is 9.84 Å². The summed E-state index contributed by atoms with van der Waals surface area (Å²) in [7, 11) is -1.84. The number of ether oxygens (including phenoxy) is 1. The fourth-order valence-electron chi connectivity index (χ4n) is 4.43. The molecule has 2 heterocycles. The van der Waals surface area contributed by atoms with Crippen LogP contribution in [0, 0.1) is 5.92 Å². The predicted octanol–water partition coefficient (Wildman–Crippen LogP) is 3.65. The first-order valence-electron chi connectivity index (χ1n) is 11.9. The summed E-state index contributed by atoms with van der Waals surface area (Å²) in [6, 6.07) is 18.5. The molecule has 35 heavy (non-hydrogen) atoms. The van der Waals surface area contributed by atoms with E-state index in [4.69, 9.17) is 4.74 Å². The normalized spacial score (nSPS) is 20.9. The van der Waals surface area contributed by atoms with Crippen molar-refractivity contribution in [1.82, 2.24) is 14.2 Å². The van der Waals surface area contributed by atoms with Crippen LogP contribution in [0.4, 0.5) is 0 Å². The zero-order valence-electron chi connectivity index (χ0n) is 20.4. The Labute approximate surface area is 208 Å². The Bertz CT molecular complexity index is 1220. The average molecular weight is 496 g/mol. The van der Waals surface area contributed by atoms with Crippen molar-refractivity contribution < 1.29 is 18.3 Å². The highest BCUT2D eigenvalue weighted by atomic mass is 32.2. The Morgan fingerprint density at radius 2 is 1.91 bits per heavy atom. The van der Waals surface area contributed by atoms with E-state index in [1.165, 1.54) is 4.31 Å². The van der Waals surface area contributed by atoms with Gasteiger partial charge in [0.1, 0.15) is 16.7 Å². The molecule has 3 aromatic rings. The number of aliphatic hydroxyl groups excluding tert-OH is 1. The van der Waals surface area contributed by atoms with Crippen LogP contribution >= 0.6 is 0 Å². The van der Waals surface area contributed by atoms with Crippen molar-refractivity contribution in [2.24, 2.45) is 5.92 Å². The van der Waals surface area contributed by atoms with Crippen molar-refractivity contribution in [3.63, 3.8) is 0 Å². The first kappa shape index (κ1) is 25.3. The molecule has 0 unspecified atom stereocenters. The molecule has 1 aliphatic rings. The third-order valence-corrected chi connectivity index (χ3v) is 8.46. The molecule has 186 valence electrons. The Morgan fingerprint density at radius 1 is 1.14 bits per heavy atom. The van der Waals surface area contributed by atoms with E-state index < -0.39 is 16.1 Å². The van der Waals surface area contributed by atoms with Gasteiger partial charge in [0, 0.05) is 44.0 Å². The summed E-state index contributed by atoms with van der Waals surface area (Å²) in [5, 5.41) is 9.83. The summed E-state index contributed by atoms with van der Waals surface area (Å²) in [6.45, 7) is 5.04. The molecule has 2 aromatic carbocycles. The molecule has 4 rings (SSSR count). The maximum absolute atomic E-state index is 13.7. The van der Waals surface area contributed by atoms with Crippen LogP contribution in [-0.4, -0.2) is 66.6 Å². The summed E-state index contributed by atoms with van der Waals surface area (Å²) in [6.07, 6.45) is 3.34. The lowest BCUT2D eigenvalue weighted by atomic mass is 10.0. The van der Waals surface area contributed by atoms with E-state index in [1.807, 2.05) is 74.8 Å². The molecule has 0 radical (unpaired) electrons. The lowest BCUT2D eigenvalue weighted by Gasteiger charge is -2.37. The van der Waals surface area contributed by atoms with E-state index in [0.717, 1.165) is 16.7 Å². The Morgan fingerprint density at radius 3 is 2.60 bits per heavy atom. The SMILES string of the molecule is C[C@H](CO)N1C[C@H](C)[C@H](CN(C)Cc2cccnc2)Oc2cc(-c3ccccc3)ccc2S1(=O)=O. The molecule has 8 heteroatoms. The number of sulfonamides is 1. The predicted molar refractivity (Wildman–Crippen MR) is 136 cm³/mol. The van der Waals surface area contributed by atoms with Gasteiger partial charge in [-0.1, -0.05) is 49.4 Å². The van der Waals surface area contributed by atoms with Gasteiger partial charge in [-0.3, -0.25) is 9.88 Å². The van der Waals surface area contributed by atoms with Gasteiger partial charge in [0.05, 0.1) is 6.61 Å². The first-order valence-corrected chi connectivity index (χ1v) is 13.3. The van der Waals surface area contributed by atoms with E-state index in [0.29, 0.717) is 18.8 Å². The molecular formula is C27H33N3O4S. The lowest BCUT2D eigenvalue weighted by Crippen LogP contribution is -2.49. The van der Waals surface area contributed by atoms with Crippen molar-refractivity contribution in [3.05, 3.63) is 78.6 Å². The summed E-state index contributed by atoms with van der Waals surface area (Å²) in [4.78, 5) is 6.49. The number of fused-ring (bicyclic) bond motifs is 1. The van der Waals surface area contributed by atoms with E-state index in [2.05, 4.69) is 9.88 Å². The van der Waals surface area contributed by atoms with Crippen LogP contribution in [0.15, 0.2) is 78.0 Å². The van der Waals surface area contributed by atoms with Gasteiger partial charge in [0.25, 0.3) is 0 Å². The highest BCUT2D eigenvalue weighted by Gasteiger charge is 2.38. The number of hydrogen-bond acceptors (Lipinski definition) is 6. The Hall–Kier alpha value is -2.78. The summed E-state index contributed by atoms with van der Waals surface area (Å²) in [5.74, 6) is 0.233. The van der Waals surface area contributed by atoms with E-state index >= 15 is 0 Å². The molecule has 1 aromatic heterocycles. The standard InChI is InChI=1S/C27H33N3O4S/c1-20-16-30(21(2)19-31)35(32,33)27-12-11-24(23-9-5-4-6-10-23)14-25(27)34-26(20)18-29(3)17-22-8-7-13-28-15-22/h4-15,20-21,26,31H,16-19H2,1-3H3/t20-,21+,26-/m0/s1. The second kappa shape index (κ2) is 10.9. The van der Waals surface area contributed by atoms with Crippen molar-refractivity contribution in [3.8, 4) is 16.9 Å². The second-order valence-corrected chi connectivity index (χ2v) is 11.2. The number of likely N-dealkylation sites (N-methyl/N-ethyl adjacent to an activating group) is 1. The van der Waals surface area contributed by atoms with Gasteiger partial charge in [-0.05, 0) is 48.9 Å². The van der Waals surface area contributed by atoms with E-state index in [-0.39, 0.29) is 30.1 Å². The van der Waals surface area contributed by atoms with Crippen LogP contribution < -0.4 is 4.74 Å². The van der Waals surface area contributed by atoms with Gasteiger partial charge in [-0.2, -0.15) is 4.31 Å². The summed E-state index contributed by atoms with van der Waals surface area (Å²) in [5.41, 5.74) is 2.97. The minimum absolute atomic E-state index is 0.108. The van der Waals surface area contributed by atoms with Crippen LogP contribution in [0.5, 0.6) is 5.75 Å². The highest BCUT2D eigenvalue weighted by molar-refractivity contribution is 7.89. The zero-order chi connectivity index (χ0) is 25.0. The number of nitrogens with zero attached hydrogens (tertiary/aromatic N) is 3. The maximum Gasteiger partial charge on any atom is 0.247 e. The van der Waals surface area contributed by atoms with Crippen LogP contribution in [0.25, 0.3) is 11.1 Å². The van der Waals surface area contributed by atoms with Gasteiger partial charge >= 0.3 is 0 Å². The largest absolute Gasteiger partial charge is 0.487 e. The molecule has 1 aliphatic heterocycles. The summed E-state index contributed by atoms with van der Waals surface area (Å²) >= 11 is 0. The van der Waals surface area contributed by atoms with Crippen molar-refractivity contribution in [2.45, 2.75) is 37.4 Å². The maximum atomic E-state index is 13.7. The molecule has 1 N–H and O–H groups in total. The van der Waals surface area contributed by atoms with Crippen molar-refractivity contribution >= 4 is 10.0 Å².